The van der Waals surface area contributed by atoms with Crippen molar-refractivity contribution in [2.75, 3.05) is 6.61 Å². The summed E-state index contributed by atoms with van der Waals surface area (Å²) in [5, 5.41) is 2.71. The number of amides is 1. The molecule has 12 heavy (non-hydrogen) atoms. The van der Waals surface area contributed by atoms with Crippen molar-refractivity contribution in [2.45, 2.75) is 6.23 Å². The maximum atomic E-state index is 10.8. The number of benzene rings is 1. The zero-order valence-electron chi connectivity index (χ0n) is 6.49. The highest BCUT2D eigenvalue weighted by Gasteiger charge is 2.21. The van der Waals surface area contributed by atoms with Gasteiger partial charge >= 0.3 is 0 Å². The quantitative estimate of drug-likeness (QED) is 0.666. The third-order valence-corrected chi connectivity index (χ3v) is 1.78. The molecule has 1 saturated heterocycles. The van der Waals surface area contributed by atoms with Crippen molar-refractivity contribution in [1.82, 2.24) is 5.32 Å². The average molecular weight is 163 g/mol. The highest BCUT2D eigenvalue weighted by molar-refractivity contribution is 5.79. The van der Waals surface area contributed by atoms with Crippen LogP contribution in [0.5, 0.6) is 0 Å². The highest BCUT2D eigenvalue weighted by Crippen LogP contribution is 2.16. The molecule has 3 heteroatoms. The fraction of sp³-hybridized carbons (Fsp3) is 0.222. The normalized spacial score (nSPS) is 22.3. The largest absolute Gasteiger partial charge is 0.344 e. The summed E-state index contributed by atoms with van der Waals surface area (Å²) in [6.07, 6.45) is -0.251. The molecule has 0 unspecified atom stereocenters. The van der Waals surface area contributed by atoms with Crippen molar-refractivity contribution >= 4 is 5.91 Å². The molecule has 0 radical (unpaired) electrons. The summed E-state index contributed by atoms with van der Waals surface area (Å²) < 4.78 is 5.19. The Morgan fingerprint density at radius 2 is 2.08 bits per heavy atom. The molecule has 0 saturated carbocycles. The molecule has 0 bridgehead atoms. The first kappa shape index (κ1) is 7.31. The van der Waals surface area contributed by atoms with Gasteiger partial charge in [-0.3, -0.25) is 4.79 Å². The maximum Gasteiger partial charge on any atom is 0.248 e. The molecule has 3 nitrogen and oxygen atoms in total. The van der Waals surface area contributed by atoms with E-state index in [4.69, 9.17) is 4.74 Å². The van der Waals surface area contributed by atoms with Crippen LogP contribution in [0.3, 0.4) is 0 Å². The van der Waals surface area contributed by atoms with Crippen molar-refractivity contribution in [3.8, 4) is 0 Å². The fourth-order valence-electron chi connectivity index (χ4n) is 1.20. The van der Waals surface area contributed by atoms with E-state index in [-0.39, 0.29) is 18.7 Å². The lowest BCUT2D eigenvalue weighted by molar-refractivity contribution is -0.119. The van der Waals surface area contributed by atoms with Crippen LogP contribution >= 0.6 is 0 Å². The lowest BCUT2D eigenvalue weighted by Crippen LogP contribution is -2.19. The Bertz CT molecular complexity index is 284. The maximum absolute atomic E-state index is 10.8. The van der Waals surface area contributed by atoms with E-state index < -0.39 is 0 Å². The average Bonchev–Trinajstić information content (AvgIpc) is 2.54. The van der Waals surface area contributed by atoms with Gasteiger partial charge in [0.15, 0.2) is 6.23 Å². The van der Waals surface area contributed by atoms with Crippen molar-refractivity contribution < 1.29 is 9.53 Å². The SMILES string of the molecule is O=C1CO[C@H](c2ccccc2)N1. The van der Waals surface area contributed by atoms with Gasteiger partial charge in [-0.15, -0.1) is 0 Å². The van der Waals surface area contributed by atoms with Gasteiger partial charge in [-0.05, 0) is 0 Å². The Hall–Kier alpha value is -1.35. The first-order chi connectivity index (χ1) is 5.86. The molecule has 1 fully saturated rings. The fourth-order valence-corrected chi connectivity index (χ4v) is 1.20. The first-order valence-electron chi connectivity index (χ1n) is 3.82. The third-order valence-electron chi connectivity index (χ3n) is 1.78. The lowest BCUT2D eigenvalue weighted by Gasteiger charge is -2.08. The molecule has 1 N–H and O–H groups in total. The highest BCUT2D eigenvalue weighted by atomic mass is 16.5. The lowest BCUT2D eigenvalue weighted by atomic mass is 10.2. The summed E-state index contributed by atoms with van der Waals surface area (Å²) in [7, 11) is 0. The number of hydrogen-bond donors (Lipinski definition) is 1. The molecule has 1 heterocycles. The number of hydrogen-bond acceptors (Lipinski definition) is 2. The first-order valence-corrected chi connectivity index (χ1v) is 3.82. The Morgan fingerprint density at radius 3 is 2.67 bits per heavy atom. The minimum Gasteiger partial charge on any atom is -0.344 e. The van der Waals surface area contributed by atoms with Gasteiger partial charge < -0.3 is 10.1 Å². The Balaban J connectivity index is 2.16. The summed E-state index contributed by atoms with van der Waals surface area (Å²) in [5.74, 6) is -0.0520. The van der Waals surface area contributed by atoms with Crippen LogP contribution in [-0.2, 0) is 9.53 Å². The summed E-state index contributed by atoms with van der Waals surface area (Å²) in [5.41, 5.74) is 0.989. The third kappa shape index (κ3) is 1.31. The number of carbonyl (C=O) groups is 1. The molecule has 0 spiro atoms. The molecule has 1 aromatic carbocycles. The molecule has 1 aromatic rings. The van der Waals surface area contributed by atoms with Crippen LogP contribution in [0.2, 0.25) is 0 Å². The Labute approximate surface area is 70.3 Å². The second kappa shape index (κ2) is 2.95. The minimum atomic E-state index is -0.251. The molecule has 62 valence electrons. The van der Waals surface area contributed by atoms with Gasteiger partial charge in [-0.2, -0.15) is 0 Å². The molecule has 1 amide bonds. The topological polar surface area (TPSA) is 38.3 Å². The molecular weight excluding hydrogens is 154 g/mol. The van der Waals surface area contributed by atoms with E-state index in [2.05, 4.69) is 5.32 Å². The standard InChI is InChI=1S/C9H9NO2/c11-8-6-12-9(10-8)7-4-2-1-3-5-7/h1-5,9H,6H2,(H,10,11)/t9-/m1/s1. The monoisotopic (exact) mass is 163 g/mol. The summed E-state index contributed by atoms with van der Waals surface area (Å²) >= 11 is 0. The summed E-state index contributed by atoms with van der Waals surface area (Å²) in [4.78, 5) is 10.8. The van der Waals surface area contributed by atoms with Crippen LogP contribution in [-0.4, -0.2) is 12.5 Å². The molecule has 0 aliphatic carbocycles. The van der Waals surface area contributed by atoms with Crippen molar-refractivity contribution in [3.05, 3.63) is 35.9 Å². The van der Waals surface area contributed by atoms with Crippen LogP contribution in [0.1, 0.15) is 11.8 Å². The van der Waals surface area contributed by atoms with Crippen molar-refractivity contribution in [2.24, 2.45) is 0 Å². The second-order valence-electron chi connectivity index (χ2n) is 2.67. The summed E-state index contributed by atoms with van der Waals surface area (Å²) in [6, 6.07) is 9.62. The van der Waals surface area contributed by atoms with E-state index in [9.17, 15) is 4.79 Å². The van der Waals surface area contributed by atoms with E-state index >= 15 is 0 Å². The zero-order valence-corrected chi connectivity index (χ0v) is 6.49. The van der Waals surface area contributed by atoms with Gasteiger partial charge in [-0.1, -0.05) is 30.3 Å². The molecular formula is C9H9NO2. The van der Waals surface area contributed by atoms with Crippen molar-refractivity contribution in [1.29, 1.82) is 0 Å². The van der Waals surface area contributed by atoms with Gasteiger partial charge in [0, 0.05) is 5.56 Å². The molecule has 0 aromatic heterocycles. The Morgan fingerprint density at radius 1 is 1.33 bits per heavy atom. The van der Waals surface area contributed by atoms with Crippen LogP contribution < -0.4 is 5.32 Å². The van der Waals surface area contributed by atoms with Crippen LogP contribution in [0, 0.1) is 0 Å². The predicted molar refractivity (Wildman–Crippen MR) is 43.3 cm³/mol. The van der Waals surface area contributed by atoms with Gasteiger partial charge in [0.2, 0.25) is 5.91 Å². The smallest absolute Gasteiger partial charge is 0.248 e. The van der Waals surface area contributed by atoms with Gasteiger partial charge in [0.25, 0.3) is 0 Å². The minimum absolute atomic E-state index is 0.0520. The van der Waals surface area contributed by atoms with E-state index in [1.165, 1.54) is 0 Å². The molecule has 1 aliphatic heterocycles. The summed E-state index contributed by atoms with van der Waals surface area (Å²) in [6.45, 7) is 0.166. The number of nitrogens with one attached hydrogen (secondary N) is 1. The predicted octanol–water partition coefficient (Wildman–Crippen LogP) is 0.832. The molecule has 1 aliphatic rings. The zero-order chi connectivity index (χ0) is 8.39. The van der Waals surface area contributed by atoms with Crippen LogP contribution in [0.15, 0.2) is 30.3 Å². The molecule has 2 rings (SSSR count). The second-order valence-corrected chi connectivity index (χ2v) is 2.67. The van der Waals surface area contributed by atoms with E-state index in [0.29, 0.717) is 0 Å². The van der Waals surface area contributed by atoms with Gasteiger partial charge in [0.1, 0.15) is 6.61 Å². The van der Waals surface area contributed by atoms with E-state index in [1.807, 2.05) is 30.3 Å². The number of rotatable bonds is 1. The molecule has 1 atom stereocenters. The van der Waals surface area contributed by atoms with Gasteiger partial charge in [-0.25, -0.2) is 0 Å². The Kier molecular flexibility index (Phi) is 1.80. The van der Waals surface area contributed by atoms with Crippen LogP contribution in [0.25, 0.3) is 0 Å². The van der Waals surface area contributed by atoms with Gasteiger partial charge in [0.05, 0.1) is 0 Å². The van der Waals surface area contributed by atoms with E-state index in [0.717, 1.165) is 5.56 Å². The van der Waals surface area contributed by atoms with Crippen LogP contribution in [0.4, 0.5) is 0 Å². The van der Waals surface area contributed by atoms with E-state index in [1.54, 1.807) is 0 Å². The number of carbonyl (C=O) groups excluding carboxylic acids is 1. The number of ether oxygens (including phenoxy) is 1. The van der Waals surface area contributed by atoms with Crippen molar-refractivity contribution in [3.63, 3.8) is 0 Å².